The Hall–Kier alpha value is -1.88. The Balaban J connectivity index is 1.76. The molecule has 5 heteroatoms. The lowest BCUT2D eigenvalue weighted by Crippen LogP contribution is -2.21. The number of nitrogens with one attached hydrogen (secondary N) is 2. The highest BCUT2D eigenvalue weighted by molar-refractivity contribution is 5.62. The van der Waals surface area contributed by atoms with Gasteiger partial charge in [-0.2, -0.15) is 0 Å². The molecule has 1 unspecified atom stereocenters. The third-order valence-corrected chi connectivity index (χ3v) is 3.78. The quantitative estimate of drug-likeness (QED) is 0.897. The maximum atomic E-state index is 4.16. The van der Waals surface area contributed by atoms with Gasteiger partial charge in [-0.3, -0.25) is 0 Å². The monoisotopic (exact) mass is 271 g/mol. The molecule has 0 radical (unpaired) electrons. The van der Waals surface area contributed by atoms with Gasteiger partial charge in [-0.15, -0.1) is 10.2 Å². The predicted octanol–water partition coefficient (Wildman–Crippen LogP) is 2.04. The summed E-state index contributed by atoms with van der Waals surface area (Å²) in [7, 11) is 1.96. The van der Waals surface area contributed by atoms with Crippen LogP contribution >= 0.6 is 0 Å². The highest BCUT2D eigenvalue weighted by Crippen LogP contribution is 2.22. The summed E-state index contributed by atoms with van der Waals surface area (Å²) in [6, 6.07) is 8.98. The summed E-state index contributed by atoms with van der Waals surface area (Å²) in [5, 5.41) is 15.2. The summed E-state index contributed by atoms with van der Waals surface area (Å²) in [4.78, 5) is 0. The molecular formula is C15H21N5. The second kappa shape index (κ2) is 6.05. The number of anilines is 1. The van der Waals surface area contributed by atoms with Crippen LogP contribution in [0.15, 0.2) is 30.6 Å². The molecule has 1 aliphatic rings. The van der Waals surface area contributed by atoms with Crippen LogP contribution in [0, 0.1) is 0 Å². The first-order valence-electron chi connectivity index (χ1n) is 7.24. The summed E-state index contributed by atoms with van der Waals surface area (Å²) in [6.07, 6.45) is 5.36. The fraction of sp³-hybridized carbons (Fsp3) is 0.467. The molecule has 3 rings (SSSR count). The minimum atomic E-state index is 0.555. The van der Waals surface area contributed by atoms with E-state index < -0.39 is 0 Å². The molecule has 5 nitrogen and oxygen atoms in total. The van der Waals surface area contributed by atoms with Gasteiger partial charge in [0.15, 0.2) is 5.82 Å². The number of hydrogen-bond donors (Lipinski definition) is 2. The van der Waals surface area contributed by atoms with Crippen LogP contribution in [0.5, 0.6) is 0 Å². The second-order valence-electron chi connectivity index (χ2n) is 5.37. The van der Waals surface area contributed by atoms with Crippen molar-refractivity contribution in [3.8, 4) is 11.4 Å². The van der Waals surface area contributed by atoms with Crippen LogP contribution in [0.25, 0.3) is 11.4 Å². The average Bonchev–Trinajstić information content (AvgIpc) is 2.72. The number of aryl methyl sites for hydroxylation is 1. The predicted molar refractivity (Wildman–Crippen MR) is 80.6 cm³/mol. The maximum absolute atomic E-state index is 4.16. The number of aromatic nitrogens is 3. The second-order valence-corrected chi connectivity index (χ2v) is 5.37. The van der Waals surface area contributed by atoms with Crippen molar-refractivity contribution in [1.29, 1.82) is 0 Å². The van der Waals surface area contributed by atoms with Gasteiger partial charge in [0.25, 0.3) is 0 Å². The van der Waals surface area contributed by atoms with Crippen LogP contribution in [-0.4, -0.2) is 33.9 Å². The molecule has 1 saturated heterocycles. The van der Waals surface area contributed by atoms with Crippen LogP contribution in [0.2, 0.25) is 0 Å². The summed E-state index contributed by atoms with van der Waals surface area (Å²) >= 11 is 0. The number of rotatable bonds is 3. The van der Waals surface area contributed by atoms with E-state index in [1.807, 2.05) is 11.6 Å². The molecule has 1 atom stereocenters. The molecule has 20 heavy (non-hydrogen) atoms. The van der Waals surface area contributed by atoms with E-state index in [1.165, 1.54) is 19.3 Å². The normalized spacial score (nSPS) is 19.6. The van der Waals surface area contributed by atoms with Crippen LogP contribution < -0.4 is 10.6 Å². The third kappa shape index (κ3) is 2.99. The average molecular weight is 271 g/mol. The molecule has 0 bridgehead atoms. The van der Waals surface area contributed by atoms with Gasteiger partial charge in [-0.25, -0.2) is 0 Å². The molecule has 0 saturated carbocycles. The Kier molecular flexibility index (Phi) is 3.97. The Morgan fingerprint density at radius 1 is 1.30 bits per heavy atom. The van der Waals surface area contributed by atoms with Crippen molar-refractivity contribution in [2.24, 2.45) is 7.05 Å². The lowest BCUT2D eigenvalue weighted by atomic mass is 10.1. The fourth-order valence-electron chi connectivity index (χ4n) is 2.69. The molecule has 106 valence electrons. The summed E-state index contributed by atoms with van der Waals surface area (Å²) in [5.74, 6) is 0.899. The van der Waals surface area contributed by atoms with Gasteiger partial charge in [0, 0.05) is 24.3 Å². The smallest absolute Gasteiger partial charge is 0.163 e. The molecule has 0 spiro atoms. The minimum absolute atomic E-state index is 0.555. The van der Waals surface area contributed by atoms with Crippen molar-refractivity contribution in [2.45, 2.75) is 25.3 Å². The van der Waals surface area contributed by atoms with Crippen molar-refractivity contribution in [3.05, 3.63) is 30.6 Å². The van der Waals surface area contributed by atoms with Gasteiger partial charge in [-0.05, 0) is 44.5 Å². The first kappa shape index (κ1) is 13.1. The van der Waals surface area contributed by atoms with Gasteiger partial charge in [0.2, 0.25) is 0 Å². The Labute approximate surface area is 119 Å². The number of benzene rings is 1. The maximum Gasteiger partial charge on any atom is 0.163 e. The van der Waals surface area contributed by atoms with Crippen LogP contribution in [0.4, 0.5) is 5.69 Å². The minimum Gasteiger partial charge on any atom is -0.382 e. The van der Waals surface area contributed by atoms with Gasteiger partial charge < -0.3 is 15.2 Å². The molecule has 1 aromatic carbocycles. The molecule has 1 aliphatic heterocycles. The zero-order chi connectivity index (χ0) is 13.8. The van der Waals surface area contributed by atoms with E-state index in [4.69, 9.17) is 0 Å². The van der Waals surface area contributed by atoms with Crippen LogP contribution in [0.3, 0.4) is 0 Å². The van der Waals surface area contributed by atoms with E-state index in [-0.39, 0.29) is 0 Å². The fourth-order valence-corrected chi connectivity index (χ4v) is 2.69. The lowest BCUT2D eigenvalue weighted by Gasteiger charge is -2.17. The number of hydrogen-bond acceptors (Lipinski definition) is 4. The SMILES string of the molecule is Cn1cnnc1-c1cccc(NC2CCCNCC2)c1. The molecule has 1 aromatic heterocycles. The summed E-state index contributed by atoms with van der Waals surface area (Å²) in [5.41, 5.74) is 2.26. The zero-order valence-electron chi connectivity index (χ0n) is 11.8. The van der Waals surface area contributed by atoms with Crippen molar-refractivity contribution >= 4 is 5.69 Å². The number of nitrogens with zero attached hydrogens (tertiary/aromatic N) is 3. The van der Waals surface area contributed by atoms with E-state index >= 15 is 0 Å². The molecule has 0 aliphatic carbocycles. The standard InChI is InChI=1S/C15H21N5/c1-20-11-17-19-15(20)12-4-2-5-14(10-12)18-13-6-3-8-16-9-7-13/h2,4-5,10-11,13,16,18H,3,6-9H2,1H3. The van der Waals surface area contributed by atoms with Crippen molar-refractivity contribution in [2.75, 3.05) is 18.4 Å². The Bertz CT molecular complexity index is 555. The van der Waals surface area contributed by atoms with Crippen molar-refractivity contribution in [3.63, 3.8) is 0 Å². The lowest BCUT2D eigenvalue weighted by molar-refractivity contribution is 0.637. The van der Waals surface area contributed by atoms with E-state index in [2.05, 4.69) is 45.1 Å². The van der Waals surface area contributed by atoms with Gasteiger partial charge >= 0.3 is 0 Å². The topological polar surface area (TPSA) is 54.8 Å². The third-order valence-electron chi connectivity index (χ3n) is 3.78. The van der Waals surface area contributed by atoms with E-state index in [0.29, 0.717) is 6.04 Å². The molecule has 0 amide bonds. The van der Waals surface area contributed by atoms with E-state index in [1.54, 1.807) is 6.33 Å². The molecule has 2 N–H and O–H groups in total. The highest BCUT2D eigenvalue weighted by atomic mass is 15.2. The van der Waals surface area contributed by atoms with Gasteiger partial charge in [0.1, 0.15) is 6.33 Å². The first-order valence-corrected chi connectivity index (χ1v) is 7.24. The Morgan fingerprint density at radius 2 is 2.25 bits per heavy atom. The van der Waals surface area contributed by atoms with Crippen LogP contribution in [-0.2, 0) is 7.05 Å². The van der Waals surface area contributed by atoms with E-state index in [9.17, 15) is 0 Å². The van der Waals surface area contributed by atoms with E-state index in [0.717, 1.165) is 30.2 Å². The molecule has 1 fully saturated rings. The highest BCUT2D eigenvalue weighted by Gasteiger charge is 2.12. The van der Waals surface area contributed by atoms with Crippen molar-refractivity contribution < 1.29 is 0 Å². The van der Waals surface area contributed by atoms with Crippen LogP contribution in [0.1, 0.15) is 19.3 Å². The first-order chi connectivity index (χ1) is 9.83. The van der Waals surface area contributed by atoms with Gasteiger partial charge in [-0.1, -0.05) is 12.1 Å². The zero-order valence-corrected chi connectivity index (χ0v) is 11.8. The Morgan fingerprint density at radius 3 is 3.10 bits per heavy atom. The summed E-state index contributed by atoms with van der Waals surface area (Å²) in [6.45, 7) is 2.23. The molecule has 2 heterocycles. The largest absolute Gasteiger partial charge is 0.382 e. The van der Waals surface area contributed by atoms with Gasteiger partial charge in [0.05, 0.1) is 0 Å². The summed E-state index contributed by atoms with van der Waals surface area (Å²) < 4.78 is 1.94. The molecule has 2 aromatic rings. The van der Waals surface area contributed by atoms with Crippen molar-refractivity contribution in [1.82, 2.24) is 20.1 Å². The molecular weight excluding hydrogens is 250 g/mol.